The number of carboxylic acid groups (broad SMARTS) is 1. The number of anilines is 1. The van der Waals surface area contributed by atoms with Gasteiger partial charge in [0.25, 0.3) is 0 Å². The maximum absolute atomic E-state index is 14.3. The topological polar surface area (TPSA) is 62.7 Å². The highest BCUT2D eigenvalue weighted by molar-refractivity contribution is 7.22. The van der Waals surface area contributed by atoms with Crippen molar-refractivity contribution in [2.45, 2.75) is 25.8 Å². The largest absolute Gasteiger partial charge is 0.497 e. The van der Waals surface area contributed by atoms with Crippen molar-refractivity contribution in [1.29, 1.82) is 0 Å². The van der Waals surface area contributed by atoms with Crippen LogP contribution in [0, 0.1) is 5.82 Å². The van der Waals surface area contributed by atoms with Crippen molar-refractivity contribution < 1.29 is 19.0 Å². The van der Waals surface area contributed by atoms with E-state index in [1.165, 1.54) is 23.0 Å². The van der Waals surface area contributed by atoms with Gasteiger partial charge in [0.2, 0.25) is 0 Å². The lowest BCUT2D eigenvalue weighted by atomic mass is 10.1. The van der Waals surface area contributed by atoms with Crippen LogP contribution < -0.4 is 9.64 Å². The number of aryl methyl sites for hydroxylation is 1. The van der Waals surface area contributed by atoms with Crippen LogP contribution in [-0.2, 0) is 24.2 Å². The van der Waals surface area contributed by atoms with E-state index in [1.54, 1.807) is 13.2 Å². The monoisotopic (exact) mass is 464 g/mol. The van der Waals surface area contributed by atoms with Gasteiger partial charge in [0.1, 0.15) is 11.6 Å². The number of aliphatic carboxylic acids is 1. The molecule has 33 heavy (non-hydrogen) atoms. The van der Waals surface area contributed by atoms with Gasteiger partial charge in [-0.05, 0) is 53.8 Å². The molecular formula is C26H25FN2O3S. The number of hydrogen-bond acceptors (Lipinski definition) is 5. The average molecular weight is 465 g/mol. The van der Waals surface area contributed by atoms with Gasteiger partial charge in [-0.3, -0.25) is 4.79 Å². The van der Waals surface area contributed by atoms with Gasteiger partial charge >= 0.3 is 5.97 Å². The SMILES string of the molecule is COc1ccc(CCN(Cc2cccc(CCC(=O)O)c2)c2nc3cccc(F)c3s2)cc1. The third kappa shape index (κ3) is 5.87. The van der Waals surface area contributed by atoms with Gasteiger partial charge in [-0.2, -0.15) is 0 Å². The summed E-state index contributed by atoms with van der Waals surface area (Å²) in [5, 5.41) is 9.75. The van der Waals surface area contributed by atoms with E-state index in [2.05, 4.69) is 4.90 Å². The van der Waals surface area contributed by atoms with E-state index in [0.29, 0.717) is 29.7 Å². The molecule has 4 rings (SSSR count). The lowest BCUT2D eigenvalue weighted by Gasteiger charge is -2.22. The number of carbonyl (C=O) groups is 1. The Balaban J connectivity index is 1.58. The first-order valence-electron chi connectivity index (χ1n) is 10.7. The van der Waals surface area contributed by atoms with Crippen LogP contribution >= 0.6 is 11.3 Å². The Morgan fingerprint density at radius 3 is 2.52 bits per heavy atom. The Kier molecular flexibility index (Phi) is 7.19. The highest BCUT2D eigenvalue weighted by Gasteiger charge is 2.15. The molecule has 0 atom stereocenters. The average Bonchev–Trinajstić information content (AvgIpc) is 3.27. The molecule has 4 aromatic rings. The fraction of sp³-hybridized carbons (Fsp3) is 0.231. The van der Waals surface area contributed by atoms with Crippen LogP contribution in [-0.4, -0.2) is 29.7 Å². The summed E-state index contributed by atoms with van der Waals surface area (Å²) < 4.78 is 20.1. The molecule has 170 valence electrons. The van der Waals surface area contributed by atoms with E-state index in [-0.39, 0.29) is 12.2 Å². The fourth-order valence-electron chi connectivity index (χ4n) is 3.69. The van der Waals surface area contributed by atoms with Crippen molar-refractivity contribution in [3.63, 3.8) is 0 Å². The molecule has 0 spiro atoms. The highest BCUT2D eigenvalue weighted by Crippen LogP contribution is 2.32. The number of methoxy groups -OCH3 is 1. The number of rotatable bonds is 10. The third-order valence-corrected chi connectivity index (χ3v) is 6.59. The Morgan fingerprint density at radius 1 is 1.03 bits per heavy atom. The summed E-state index contributed by atoms with van der Waals surface area (Å²) in [5.74, 6) is -0.254. The molecule has 0 unspecified atom stereocenters. The van der Waals surface area contributed by atoms with E-state index in [1.807, 2.05) is 54.6 Å². The van der Waals surface area contributed by atoms with Gasteiger partial charge < -0.3 is 14.7 Å². The maximum Gasteiger partial charge on any atom is 0.303 e. The first-order chi connectivity index (χ1) is 16.0. The van der Waals surface area contributed by atoms with E-state index < -0.39 is 5.97 Å². The zero-order valence-corrected chi connectivity index (χ0v) is 19.1. The fourth-order valence-corrected chi connectivity index (χ4v) is 4.69. The molecule has 0 aliphatic rings. The second kappa shape index (κ2) is 10.4. The number of benzene rings is 3. The molecular weight excluding hydrogens is 439 g/mol. The van der Waals surface area contributed by atoms with Gasteiger partial charge in [-0.15, -0.1) is 0 Å². The van der Waals surface area contributed by atoms with Crippen LogP contribution in [0.1, 0.15) is 23.1 Å². The van der Waals surface area contributed by atoms with Crippen LogP contribution in [0.2, 0.25) is 0 Å². The van der Waals surface area contributed by atoms with Crippen LogP contribution in [0.15, 0.2) is 66.7 Å². The van der Waals surface area contributed by atoms with E-state index in [9.17, 15) is 9.18 Å². The minimum Gasteiger partial charge on any atom is -0.497 e. The molecule has 1 N–H and O–H groups in total. The summed E-state index contributed by atoms with van der Waals surface area (Å²) in [6.07, 6.45) is 1.38. The van der Waals surface area contributed by atoms with E-state index in [4.69, 9.17) is 14.8 Å². The van der Waals surface area contributed by atoms with Crippen molar-refractivity contribution in [3.8, 4) is 5.75 Å². The number of nitrogens with zero attached hydrogens (tertiary/aromatic N) is 2. The number of hydrogen-bond donors (Lipinski definition) is 1. The van der Waals surface area contributed by atoms with Gasteiger partial charge in [0, 0.05) is 19.5 Å². The molecule has 0 amide bonds. The number of halogens is 1. The maximum atomic E-state index is 14.3. The number of thiazole rings is 1. The summed E-state index contributed by atoms with van der Waals surface area (Å²) in [6.45, 7) is 1.30. The van der Waals surface area contributed by atoms with Gasteiger partial charge in [-0.1, -0.05) is 53.8 Å². The molecule has 3 aromatic carbocycles. The van der Waals surface area contributed by atoms with Crippen molar-refractivity contribution in [1.82, 2.24) is 4.98 Å². The molecule has 0 aliphatic heterocycles. The Bertz CT molecular complexity index is 1240. The van der Waals surface area contributed by atoms with E-state index in [0.717, 1.165) is 28.4 Å². The predicted molar refractivity (Wildman–Crippen MR) is 130 cm³/mol. The van der Waals surface area contributed by atoms with Crippen molar-refractivity contribution in [2.24, 2.45) is 0 Å². The minimum atomic E-state index is -0.807. The molecule has 7 heteroatoms. The normalized spacial score (nSPS) is 11.0. The summed E-state index contributed by atoms with van der Waals surface area (Å²) in [7, 11) is 1.65. The number of ether oxygens (including phenoxy) is 1. The molecule has 1 aromatic heterocycles. The zero-order valence-electron chi connectivity index (χ0n) is 18.3. The molecule has 0 saturated carbocycles. The molecule has 1 heterocycles. The van der Waals surface area contributed by atoms with Crippen molar-refractivity contribution in [2.75, 3.05) is 18.6 Å². The van der Waals surface area contributed by atoms with E-state index >= 15 is 0 Å². The van der Waals surface area contributed by atoms with Gasteiger partial charge in [-0.25, -0.2) is 9.37 Å². The molecule has 0 aliphatic carbocycles. The predicted octanol–water partition coefficient (Wildman–Crippen LogP) is 5.71. The Morgan fingerprint density at radius 2 is 1.79 bits per heavy atom. The zero-order chi connectivity index (χ0) is 23.2. The summed E-state index contributed by atoms with van der Waals surface area (Å²) >= 11 is 1.35. The quantitative estimate of drug-likeness (QED) is 0.326. The lowest BCUT2D eigenvalue weighted by molar-refractivity contribution is -0.136. The van der Waals surface area contributed by atoms with Gasteiger partial charge in [0.05, 0.1) is 17.3 Å². The Hall–Kier alpha value is -3.45. The van der Waals surface area contributed by atoms with Crippen LogP contribution in [0.4, 0.5) is 9.52 Å². The third-order valence-electron chi connectivity index (χ3n) is 5.45. The molecule has 0 saturated heterocycles. The number of fused-ring (bicyclic) bond motifs is 1. The highest BCUT2D eigenvalue weighted by atomic mass is 32.1. The standard InChI is InChI=1S/C26H25FN2O3S/c1-32-21-11-8-18(9-12-21)14-15-29(26-28-23-7-3-6-22(27)25(23)33-26)17-20-5-2-4-19(16-20)10-13-24(30)31/h2-9,11-12,16H,10,13-15,17H2,1H3,(H,30,31). The molecule has 5 nitrogen and oxygen atoms in total. The second-order valence-corrected chi connectivity index (χ2v) is 8.80. The molecule has 0 radical (unpaired) electrons. The summed E-state index contributed by atoms with van der Waals surface area (Å²) in [5.41, 5.74) is 3.87. The Labute approximate surface area is 196 Å². The van der Waals surface area contributed by atoms with Crippen LogP contribution in [0.3, 0.4) is 0 Å². The molecule has 0 fully saturated rings. The van der Waals surface area contributed by atoms with Crippen LogP contribution in [0.25, 0.3) is 10.2 Å². The summed E-state index contributed by atoms with van der Waals surface area (Å²) in [4.78, 5) is 17.8. The molecule has 0 bridgehead atoms. The smallest absolute Gasteiger partial charge is 0.303 e. The summed E-state index contributed by atoms with van der Waals surface area (Å²) in [6, 6.07) is 20.9. The second-order valence-electron chi connectivity index (χ2n) is 7.82. The van der Waals surface area contributed by atoms with Crippen molar-refractivity contribution in [3.05, 3.63) is 89.2 Å². The van der Waals surface area contributed by atoms with Gasteiger partial charge in [0.15, 0.2) is 5.13 Å². The first-order valence-corrected chi connectivity index (χ1v) is 11.6. The van der Waals surface area contributed by atoms with Crippen molar-refractivity contribution >= 4 is 32.7 Å². The lowest BCUT2D eigenvalue weighted by Crippen LogP contribution is -2.25. The number of aromatic nitrogens is 1. The first kappa shape index (κ1) is 22.7. The number of carboxylic acids is 1. The van der Waals surface area contributed by atoms with Crippen LogP contribution in [0.5, 0.6) is 5.75 Å². The minimum absolute atomic E-state index is 0.0990.